The molecule has 0 aromatic heterocycles. The number of piperidine rings is 1. The van der Waals surface area contributed by atoms with E-state index in [1.54, 1.807) is 4.90 Å². The normalized spacial score (nSPS) is 15.8. The molecule has 24 heavy (non-hydrogen) atoms. The highest BCUT2D eigenvalue weighted by atomic mass is 16.6. The highest BCUT2D eigenvalue weighted by Crippen LogP contribution is 2.38. The number of hydrogen-bond donors (Lipinski definition) is 0. The first kappa shape index (κ1) is 14.9. The van der Waals surface area contributed by atoms with Crippen LogP contribution in [0, 0.1) is 0 Å². The lowest BCUT2D eigenvalue weighted by Gasteiger charge is -2.25. The number of ether oxygens (including phenoxy) is 1. The summed E-state index contributed by atoms with van der Waals surface area (Å²) in [6.45, 7) is 1.21. The van der Waals surface area contributed by atoms with E-state index in [0.717, 1.165) is 12.0 Å². The highest BCUT2D eigenvalue weighted by molar-refractivity contribution is 5.81. The lowest BCUT2D eigenvalue weighted by Crippen LogP contribution is -2.38. The largest absolute Gasteiger partial charge is 0.445 e. The van der Waals surface area contributed by atoms with E-state index in [1.807, 2.05) is 12.1 Å². The molecule has 4 nitrogen and oxygen atoms in total. The van der Waals surface area contributed by atoms with Crippen LogP contribution in [0.25, 0.3) is 11.1 Å². The van der Waals surface area contributed by atoms with Crippen LogP contribution >= 0.6 is 0 Å². The van der Waals surface area contributed by atoms with Gasteiger partial charge in [0.1, 0.15) is 12.4 Å². The summed E-state index contributed by atoms with van der Waals surface area (Å²) in [6.07, 6.45) is 1.43. The number of hydrogen-bond acceptors (Lipinski definition) is 3. The van der Waals surface area contributed by atoms with Gasteiger partial charge in [0, 0.05) is 25.9 Å². The van der Waals surface area contributed by atoms with Crippen molar-refractivity contribution in [1.82, 2.24) is 4.90 Å². The van der Waals surface area contributed by atoms with Crippen molar-refractivity contribution < 1.29 is 14.3 Å². The fraction of sp³-hybridized carbons (Fsp3) is 0.300. The van der Waals surface area contributed by atoms with E-state index >= 15 is 0 Å². The van der Waals surface area contributed by atoms with Crippen molar-refractivity contribution in [1.29, 1.82) is 0 Å². The second kappa shape index (κ2) is 6.11. The number of rotatable bonds is 2. The minimum Gasteiger partial charge on any atom is -0.445 e. The van der Waals surface area contributed by atoms with E-state index in [1.165, 1.54) is 22.3 Å². The number of nitrogens with zero attached hydrogens (tertiary/aromatic N) is 1. The van der Waals surface area contributed by atoms with Gasteiger partial charge in [0.15, 0.2) is 0 Å². The van der Waals surface area contributed by atoms with E-state index in [4.69, 9.17) is 4.74 Å². The second-order valence-corrected chi connectivity index (χ2v) is 6.36. The molecule has 1 heterocycles. The molecule has 2 aliphatic rings. The van der Waals surface area contributed by atoms with Crippen molar-refractivity contribution in [3.63, 3.8) is 0 Å². The van der Waals surface area contributed by atoms with Crippen molar-refractivity contribution in [2.24, 2.45) is 0 Å². The lowest BCUT2D eigenvalue weighted by molar-refractivity contribution is -0.121. The zero-order valence-corrected chi connectivity index (χ0v) is 13.5. The quantitative estimate of drug-likeness (QED) is 0.725. The van der Waals surface area contributed by atoms with Crippen molar-refractivity contribution in [3.05, 3.63) is 59.2 Å². The molecule has 1 aliphatic heterocycles. The number of carbonyl (C=O) groups is 2. The number of fused-ring (bicyclic) bond motifs is 3. The summed E-state index contributed by atoms with van der Waals surface area (Å²) < 4.78 is 5.50. The van der Waals surface area contributed by atoms with Gasteiger partial charge in [-0.1, -0.05) is 42.5 Å². The third-order valence-electron chi connectivity index (χ3n) is 4.88. The molecule has 4 heteroatoms. The van der Waals surface area contributed by atoms with Gasteiger partial charge in [-0.3, -0.25) is 4.79 Å². The first-order valence-electron chi connectivity index (χ1n) is 8.35. The third kappa shape index (κ3) is 2.68. The zero-order valence-electron chi connectivity index (χ0n) is 13.5. The molecule has 0 N–H and O–H groups in total. The van der Waals surface area contributed by atoms with Gasteiger partial charge < -0.3 is 9.64 Å². The predicted octanol–water partition coefficient (Wildman–Crippen LogP) is 3.56. The molecule has 0 atom stereocenters. The van der Waals surface area contributed by atoms with Gasteiger partial charge >= 0.3 is 6.09 Å². The Labute approximate surface area is 141 Å². The fourth-order valence-electron chi connectivity index (χ4n) is 3.53. The first-order valence-corrected chi connectivity index (χ1v) is 8.35. The van der Waals surface area contributed by atoms with Crippen LogP contribution in [-0.4, -0.2) is 29.9 Å². The molecule has 122 valence electrons. The molecule has 0 bridgehead atoms. The molecular weight excluding hydrogens is 302 g/mol. The minimum absolute atomic E-state index is 0.220. The first-order chi connectivity index (χ1) is 11.7. The fourth-order valence-corrected chi connectivity index (χ4v) is 3.53. The standard InChI is InChI=1S/C20H19NO3/c22-16-8-10-21(11-9-16)20(23)24-13-15-5-3-7-18-17-6-2-1-4-14(17)12-19(15)18/h1-7H,8-13H2. The third-order valence-corrected chi connectivity index (χ3v) is 4.88. The van der Waals surface area contributed by atoms with Crippen molar-refractivity contribution in [2.45, 2.75) is 25.9 Å². The van der Waals surface area contributed by atoms with Gasteiger partial charge in [-0.15, -0.1) is 0 Å². The number of carbonyl (C=O) groups excluding carboxylic acids is 2. The average molecular weight is 321 g/mol. The Morgan fingerprint density at radius 1 is 1.00 bits per heavy atom. The van der Waals surface area contributed by atoms with Gasteiger partial charge in [-0.25, -0.2) is 4.79 Å². The number of ketones is 1. The van der Waals surface area contributed by atoms with Gasteiger partial charge in [0.2, 0.25) is 0 Å². The molecule has 1 saturated heterocycles. The number of Topliss-reactive ketones (excluding diaryl/α,β-unsaturated/α-hetero) is 1. The van der Waals surface area contributed by atoms with Crippen LogP contribution in [0.2, 0.25) is 0 Å². The van der Waals surface area contributed by atoms with Gasteiger partial charge in [0.25, 0.3) is 0 Å². The Bertz CT molecular complexity index is 802. The van der Waals surface area contributed by atoms with Crippen molar-refractivity contribution in [2.75, 3.05) is 13.1 Å². The Morgan fingerprint density at radius 2 is 1.75 bits per heavy atom. The summed E-state index contributed by atoms with van der Waals surface area (Å²) in [7, 11) is 0. The van der Waals surface area contributed by atoms with Crippen LogP contribution in [0.3, 0.4) is 0 Å². The van der Waals surface area contributed by atoms with E-state index in [9.17, 15) is 9.59 Å². The Hall–Kier alpha value is -2.62. The minimum atomic E-state index is -0.324. The number of likely N-dealkylation sites (tertiary alicyclic amines) is 1. The second-order valence-electron chi connectivity index (χ2n) is 6.36. The maximum atomic E-state index is 12.2. The summed E-state index contributed by atoms with van der Waals surface area (Å²) in [5, 5.41) is 0. The van der Waals surface area contributed by atoms with Gasteiger partial charge in [-0.2, -0.15) is 0 Å². The van der Waals surface area contributed by atoms with E-state index in [0.29, 0.717) is 25.9 Å². The monoisotopic (exact) mass is 321 g/mol. The summed E-state index contributed by atoms with van der Waals surface area (Å²) in [5.74, 6) is 0.220. The van der Waals surface area contributed by atoms with Crippen LogP contribution in [0.15, 0.2) is 42.5 Å². The van der Waals surface area contributed by atoms with Crippen LogP contribution in [-0.2, 0) is 22.6 Å². The SMILES string of the molecule is O=C1CCN(C(=O)OCc2cccc3c2Cc2ccccc2-3)CC1. The summed E-state index contributed by atoms with van der Waals surface area (Å²) >= 11 is 0. The molecule has 4 rings (SSSR count). The molecule has 0 saturated carbocycles. The van der Waals surface area contributed by atoms with E-state index < -0.39 is 0 Å². The molecule has 1 fully saturated rings. The van der Waals surface area contributed by atoms with E-state index in [2.05, 4.69) is 30.3 Å². The summed E-state index contributed by atoms with van der Waals surface area (Å²) in [5.41, 5.74) is 6.14. The molecule has 1 aliphatic carbocycles. The predicted molar refractivity (Wildman–Crippen MR) is 90.7 cm³/mol. The molecular formula is C20H19NO3. The molecule has 0 unspecified atom stereocenters. The lowest BCUT2D eigenvalue weighted by atomic mass is 10.0. The maximum Gasteiger partial charge on any atom is 0.410 e. The Balaban J connectivity index is 1.47. The van der Waals surface area contributed by atoms with Crippen LogP contribution < -0.4 is 0 Å². The number of benzene rings is 2. The Kier molecular flexibility index (Phi) is 3.81. The topological polar surface area (TPSA) is 46.6 Å². The van der Waals surface area contributed by atoms with Crippen LogP contribution in [0.5, 0.6) is 0 Å². The van der Waals surface area contributed by atoms with E-state index in [-0.39, 0.29) is 18.5 Å². The van der Waals surface area contributed by atoms with Crippen molar-refractivity contribution >= 4 is 11.9 Å². The molecule has 2 aromatic carbocycles. The summed E-state index contributed by atoms with van der Waals surface area (Å²) in [4.78, 5) is 25.1. The summed E-state index contributed by atoms with van der Waals surface area (Å²) in [6, 6.07) is 14.6. The van der Waals surface area contributed by atoms with Crippen molar-refractivity contribution in [3.8, 4) is 11.1 Å². The number of amides is 1. The van der Waals surface area contributed by atoms with Gasteiger partial charge in [-0.05, 0) is 34.2 Å². The molecule has 0 spiro atoms. The molecule has 2 aromatic rings. The maximum absolute atomic E-state index is 12.2. The highest BCUT2D eigenvalue weighted by Gasteiger charge is 2.24. The van der Waals surface area contributed by atoms with Gasteiger partial charge in [0.05, 0.1) is 0 Å². The smallest absolute Gasteiger partial charge is 0.410 e. The zero-order chi connectivity index (χ0) is 16.5. The molecule has 1 amide bonds. The molecule has 0 radical (unpaired) electrons. The Morgan fingerprint density at radius 3 is 2.58 bits per heavy atom. The average Bonchev–Trinajstić information content (AvgIpc) is 2.99. The van der Waals surface area contributed by atoms with Crippen LogP contribution in [0.4, 0.5) is 4.79 Å². The van der Waals surface area contributed by atoms with Crippen LogP contribution in [0.1, 0.15) is 29.5 Å².